The van der Waals surface area contributed by atoms with Gasteiger partial charge in [-0.05, 0) is 0 Å². The van der Waals surface area contributed by atoms with Crippen molar-refractivity contribution < 1.29 is 17.2 Å². The third-order valence-electron chi connectivity index (χ3n) is 0.335. The van der Waals surface area contributed by atoms with E-state index in [0.29, 0.717) is 0 Å². The summed E-state index contributed by atoms with van der Waals surface area (Å²) in [5.41, 5.74) is 0. The minimum atomic E-state index is -4.26. The van der Waals surface area contributed by atoms with E-state index in [9.17, 15) is 8.42 Å². The van der Waals surface area contributed by atoms with E-state index in [4.69, 9.17) is 4.55 Å². The van der Waals surface area contributed by atoms with Gasteiger partial charge in [-0.1, -0.05) is 6.08 Å². The molecule has 6 heteroatoms. The van der Waals surface area contributed by atoms with Gasteiger partial charge in [-0.25, -0.2) is 4.18 Å². The van der Waals surface area contributed by atoms with Crippen molar-refractivity contribution in [3.05, 3.63) is 12.7 Å². The predicted octanol–water partition coefficient (Wildman–Crippen LogP) is -0.389. The maximum absolute atomic E-state index is 9.68. The zero-order valence-electron chi connectivity index (χ0n) is 5.07. The Morgan fingerprint density at radius 2 is 2.11 bits per heavy atom. The van der Waals surface area contributed by atoms with Crippen molar-refractivity contribution in [1.82, 2.24) is 0 Å². The molecule has 0 heterocycles. The second-order valence-corrected chi connectivity index (χ2v) is 2.09. The molecule has 4 nitrogen and oxygen atoms in total. The summed E-state index contributed by atoms with van der Waals surface area (Å²) in [6.45, 7) is 2.97. The Morgan fingerprint density at radius 1 is 1.67 bits per heavy atom. The first kappa shape index (κ1) is 13.0. The van der Waals surface area contributed by atoms with Crippen LogP contribution in [0.5, 0.6) is 0 Å². The third kappa shape index (κ3) is 12.6. The van der Waals surface area contributed by atoms with Gasteiger partial charge in [0, 0.05) is 58.2 Å². The van der Waals surface area contributed by atoms with Crippen LogP contribution in [0.25, 0.3) is 0 Å². The molecule has 0 aliphatic carbocycles. The van der Waals surface area contributed by atoms with Crippen LogP contribution in [0.1, 0.15) is 0 Å². The molecular weight excluding hydrogens is 218 g/mol. The van der Waals surface area contributed by atoms with Crippen LogP contribution < -0.4 is 0 Å². The minimum absolute atomic E-state index is 0. The summed E-state index contributed by atoms with van der Waals surface area (Å²) in [5, 5.41) is 0. The molecule has 0 rings (SSSR count). The minimum Gasteiger partial charge on any atom is -0.264 e. The second kappa shape index (κ2) is 6.15. The Balaban J connectivity index is 0. The van der Waals surface area contributed by atoms with Crippen molar-refractivity contribution >= 4 is 68.6 Å². The molecule has 1 N–H and O–H groups in total. The zero-order chi connectivity index (χ0) is 6.62. The monoisotopic (exact) mass is 223 g/mol. The largest absolute Gasteiger partial charge is 0.397 e. The molecular formula is C3H6O4RbS. The van der Waals surface area contributed by atoms with E-state index in [1.165, 1.54) is 6.08 Å². The number of hydrogen-bond acceptors (Lipinski definition) is 3. The van der Waals surface area contributed by atoms with Crippen LogP contribution in [-0.4, -0.2) is 77.8 Å². The second-order valence-electron chi connectivity index (χ2n) is 1.00. The first-order chi connectivity index (χ1) is 3.56. The fourth-order valence-corrected chi connectivity index (χ4v) is 0.402. The van der Waals surface area contributed by atoms with Crippen LogP contribution in [-0.2, 0) is 14.6 Å². The molecule has 0 fully saturated rings. The van der Waals surface area contributed by atoms with Gasteiger partial charge in [0.15, 0.2) is 0 Å². The van der Waals surface area contributed by atoms with Gasteiger partial charge in [-0.3, -0.25) is 4.55 Å². The quantitative estimate of drug-likeness (QED) is 0.523. The molecule has 0 aromatic rings. The average Bonchev–Trinajstić information content (AvgIpc) is 1.59. The Hall–Kier alpha value is 1.42. The summed E-state index contributed by atoms with van der Waals surface area (Å²) in [5.74, 6) is 0. The summed E-state index contributed by atoms with van der Waals surface area (Å²) in [7, 11) is -4.26. The molecule has 0 saturated heterocycles. The van der Waals surface area contributed by atoms with Crippen LogP contribution in [0.15, 0.2) is 12.7 Å². The molecule has 0 aromatic heterocycles. The molecule has 0 saturated carbocycles. The van der Waals surface area contributed by atoms with Crippen molar-refractivity contribution in [2.75, 3.05) is 6.61 Å². The molecule has 0 aliphatic rings. The molecule has 49 valence electrons. The van der Waals surface area contributed by atoms with E-state index in [1.807, 2.05) is 0 Å². The van der Waals surface area contributed by atoms with Crippen molar-refractivity contribution in [3.63, 3.8) is 0 Å². The average molecular weight is 224 g/mol. The van der Waals surface area contributed by atoms with Crippen LogP contribution in [0.3, 0.4) is 0 Å². The van der Waals surface area contributed by atoms with Gasteiger partial charge < -0.3 is 0 Å². The van der Waals surface area contributed by atoms with Crippen molar-refractivity contribution in [1.29, 1.82) is 0 Å². The maximum Gasteiger partial charge on any atom is 0.397 e. The molecule has 0 unspecified atom stereocenters. The molecule has 1 radical (unpaired) electrons. The van der Waals surface area contributed by atoms with E-state index in [0.717, 1.165) is 0 Å². The van der Waals surface area contributed by atoms with Crippen LogP contribution in [0.2, 0.25) is 0 Å². The first-order valence-corrected chi connectivity index (χ1v) is 3.15. The van der Waals surface area contributed by atoms with E-state index in [1.54, 1.807) is 0 Å². The Labute approximate surface area is 103 Å². The molecule has 0 amide bonds. The predicted molar refractivity (Wildman–Crippen MR) is 33.5 cm³/mol. The van der Waals surface area contributed by atoms with Gasteiger partial charge in [0.1, 0.15) is 0 Å². The molecule has 0 aromatic carbocycles. The van der Waals surface area contributed by atoms with Crippen LogP contribution >= 0.6 is 0 Å². The fourth-order valence-electron chi connectivity index (χ4n) is 0.134. The smallest absolute Gasteiger partial charge is 0.264 e. The summed E-state index contributed by atoms with van der Waals surface area (Å²) < 4.78 is 31.0. The Bertz CT molecular complexity index is 161. The van der Waals surface area contributed by atoms with Gasteiger partial charge in [-0.15, -0.1) is 6.58 Å². The van der Waals surface area contributed by atoms with Gasteiger partial charge in [0.2, 0.25) is 0 Å². The van der Waals surface area contributed by atoms with E-state index in [2.05, 4.69) is 10.8 Å². The Kier molecular flexibility index (Phi) is 8.90. The van der Waals surface area contributed by atoms with Gasteiger partial charge in [0.05, 0.1) is 6.61 Å². The number of rotatable bonds is 3. The third-order valence-corrected chi connectivity index (χ3v) is 0.769. The number of hydrogen-bond donors (Lipinski definition) is 1. The molecule has 0 bridgehead atoms. The first-order valence-electron chi connectivity index (χ1n) is 1.79. The summed E-state index contributed by atoms with van der Waals surface area (Å²) in [6, 6.07) is 0. The van der Waals surface area contributed by atoms with E-state index < -0.39 is 10.4 Å². The molecule has 9 heavy (non-hydrogen) atoms. The summed E-state index contributed by atoms with van der Waals surface area (Å²) >= 11 is 0. The zero-order valence-corrected chi connectivity index (χ0v) is 10.8. The van der Waals surface area contributed by atoms with E-state index >= 15 is 0 Å². The topological polar surface area (TPSA) is 63.6 Å². The molecule has 0 aliphatic heterocycles. The Morgan fingerprint density at radius 3 is 2.22 bits per heavy atom. The van der Waals surface area contributed by atoms with Gasteiger partial charge in [0.25, 0.3) is 0 Å². The van der Waals surface area contributed by atoms with Gasteiger partial charge >= 0.3 is 10.4 Å². The standard InChI is InChI=1S/C3H6O4S.Rb/c1-2-3-7-8(4,5)6;/h2H,1,3H2,(H,4,5,6);. The normalized spacial score (nSPS) is 9.89. The summed E-state index contributed by atoms with van der Waals surface area (Å²) in [4.78, 5) is 0. The van der Waals surface area contributed by atoms with Crippen molar-refractivity contribution in [2.24, 2.45) is 0 Å². The van der Waals surface area contributed by atoms with Crippen LogP contribution in [0, 0.1) is 0 Å². The van der Waals surface area contributed by atoms with Crippen molar-refractivity contribution in [2.45, 2.75) is 0 Å². The van der Waals surface area contributed by atoms with Gasteiger partial charge in [-0.2, -0.15) is 8.42 Å². The molecule has 0 spiro atoms. The van der Waals surface area contributed by atoms with E-state index in [-0.39, 0.29) is 64.8 Å². The fraction of sp³-hybridized carbons (Fsp3) is 0.333. The summed E-state index contributed by atoms with van der Waals surface area (Å²) in [6.07, 6.45) is 1.22. The SMILES string of the molecule is C=CCOS(=O)(=O)O.[Rb]. The van der Waals surface area contributed by atoms with Crippen LogP contribution in [0.4, 0.5) is 0 Å². The van der Waals surface area contributed by atoms with Crippen molar-refractivity contribution in [3.8, 4) is 0 Å². The molecule has 0 atom stereocenters. The maximum atomic E-state index is 9.68.